The number of hydrogen-bond acceptors (Lipinski definition) is 3. The Hall–Kier alpha value is -2.30. The molecule has 2 fully saturated rings. The number of rotatable bonds is 4. The molecular formula is C22H30N4O. The molecule has 5 heteroatoms. The molecule has 1 aromatic carbocycles. The SMILES string of the molecule is Cn1cc(C(=O)N2CCCC(Nc3ccccc3)C2)c(C2CCCCC2)n1. The summed E-state index contributed by atoms with van der Waals surface area (Å²) < 4.78 is 1.82. The zero-order chi connectivity index (χ0) is 18.6. The van der Waals surface area contributed by atoms with Crippen LogP contribution in [0, 0.1) is 0 Å². The number of piperidine rings is 1. The van der Waals surface area contributed by atoms with Gasteiger partial charge in [-0.2, -0.15) is 5.10 Å². The van der Waals surface area contributed by atoms with Gasteiger partial charge in [0.1, 0.15) is 0 Å². The van der Waals surface area contributed by atoms with Gasteiger partial charge in [0.05, 0.1) is 11.3 Å². The van der Waals surface area contributed by atoms with Crippen LogP contribution in [-0.2, 0) is 7.05 Å². The van der Waals surface area contributed by atoms with Crippen LogP contribution < -0.4 is 5.32 Å². The van der Waals surface area contributed by atoms with E-state index in [4.69, 9.17) is 5.10 Å². The van der Waals surface area contributed by atoms with Crippen molar-refractivity contribution in [1.82, 2.24) is 14.7 Å². The minimum Gasteiger partial charge on any atom is -0.381 e. The van der Waals surface area contributed by atoms with Crippen molar-refractivity contribution in [2.45, 2.75) is 56.9 Å². The predicted molar refractivity (Wildman–Crippen MR) is 108 cm³/mol. The monoisotopic (exact) mass is 366 g/mol. The summed E-state index contributed by atoms with van der Waals surface area (Å²) in [4.78, 5) is 15.3. The first-order chi connectivity index (χ1) is 13.2. The first kappa shape index (κ1) is 18.1. The summed E-state index contributed by atoms with van der Waals surface area (Å²) in [5.74, 6) is 0.602. The molecule has 1 atom stereocenters. The Morgan fingerprint density at radius 3 is 2.63 bits per heavy atom. The highest BCUT2D eigenvalue weighted by molar-refractivity contribution is 5.95. The van der Waals surface area contributed by atoms with Crippen LogP contribution in [0.3, 0.4) is 0 Å². The van der Waals surface area contributed by atoms with E-state index >= 15 is 0 Å². The molecule has 1 aliphatic carbocycles. The Labute approximate surface area is 161 Å². The number of likely N-dealkylation sites (tertiary alicyclic amines) is 1. The predicted octanol–water partition coefficient (Wildman–Crippen LogP) is 4.18. The van der Waals surface area contributed by atoms with Gasteiger partial charge in [0.2, 0.25) is 0 Å². The first-order valence-electron chi connectivity index (χ1n) is 10.3. The Bertz CT molecular complexity index is 764. The van der Waals surface area contributed by atoms with E-state index < -0.39 is 0 Å². The normalized spacial score (nSPS) is 21.2. The van der Waals surface area contributed by atoms with Gasteiger partial charge in [-0.05, 0) is 37.8 Å². The van der Waals surface area contributed by atoms with Crippen molar-refractivity contribution >= 4 is 11.6 Å². The van der Waals surface area contributed by atoms with Crippen LogP contribution in [-0.4, -0.2) is 39.7 Å². The number of carbonyl (C=O) groups is 1. The highest BCUT2D eigenvalue weighted by Crippen LogP contribution is 2.34. The van der Waals surface area contributed by atoms with Gasteiger partial charge in [0, 0.05) is 44.0 Å². The molecule has 2 aromatic rings. The Kier molecular flexibility index (Phi) is 5.46. The van der Waals surface area contributed by atoms with Gasteiger partial charge in [-0.25, -0.2) is 0 Å². The fourth-order valence-corrected chi connectivity index (χ4v) is 4.57. The molecule has 1 amide bonds. The second-order valence-electron chi connectivity index (χ2n) is 8.04. The smallest absolute Gasteiger partial charge is 0.257 e. The van der Waals surface area contributed by atoms with Crippen molar-refractivity contribution in [3.8, 4) is 0 Å². The molecule has 144 valence electrons. The van der Waals surface area contributed by atoms with E-state index in [2.05, 4.69) is 17.4 Å². The third kappa shape index (κ3) is 4.18. The van der Waals surface area contributed by atoms with Gasteiger partial charge in [-0.3, -0.25) is 9.48 Å². The van der Waals surface area contributed by atoms with Crippen molar-refractivity contribution in [1.29, 1.82) is 0 Å². The number of aromatic nitrogens is 2. The van der Waals surface area contributed by atoms with Crippen LogP contribution in [0.25, 0.3) is 0 Å². The van der Waals surface area contributed by atoms with Crippen molar-refractivity contribution in [3.05, 3.63) is 47.8 Å². The number of aryl methyl sites for hydroxylation is 1. The van der Waals surface area contributed by atoms with Crippen LogP contribution in [0.5, 0.6) is 0 Å². The van der Waals surface area contributed by atoms with Gasteiger partial charge in [0.25, 0.3) is 5.91 Å². The molecule has 0 spiro atoms. The quantitative estimate of drug-likeness (QED) is 0.883. The molecule has 1 unspecified atom stereocenters. The minimum atomic E-state index is 0.156. The number of anilines is 1. The third-order valence-corrected chi connectivity index (χ3v) is 5.93. The summed E-state index contributed by atoms with van der Waals surface area (Å²) >= 11 is 0. The molecule has 4 rings (SSSR count). The summed E-state index contributed by atoms with van der Waals surface area (Å²) in [5.41, 5.74) is 2.98. The Morgan fingerprint density at radius 1 is 1.07 bits per heavy atom. The van der Waals surface area contributed by atoms with Crippen LogP contribution >= 0.6 is 0 Å². The lowest BCUT2D eigenvalue weighted by atomic mass is 9.85. The standard InChI is InChI=1S/C22H30N4O/c1-25-16-20(21(24-25)17-9-4-2-5-10-17)22(27)26-14-8-13-19(15-26)23-18-11-6-3-7-12-18/h3,6-7,11-12,16-17,19,23H,2,4-5,8-10,13-15H2,1H3. The van der Waals surface area contributed by atoms with E-state index in [0.717, 1.165) is 55.7 Å². The third-order valence-electron chi connectivity index (χ3n) is 5.93. The van der Waals surface area contributed by atoms with Crippen LogP contribution in [0.2, 0.25) is 0 Å². The van der Waals surface area contributed by atoms with Crippen molar-refractivity contribution in [2.75, 3.05) is 18.4 Å². The Morgan fingerprint density at radius 2 is 1.85 bits per heavy atom. The van der Waals surface area contributed by atoms with E-state index in [-0.39, 0.29) is 5.91 Å². The van der Waals surface area contributed by atoms with Gasteiger partial charge in [-0.15, -0.1) is 0 Å². The van der Waals surface area contributed by atoms with Crippen molar-refractivity contribution in [2.24, 2.45) is 7.05 Å². The highest BCUT2D eigenvalue weighted by atomic mass is 16.2. The van der Waals surface area contributed by atoms with E-state index in [1.807, 2.05) is 41.0 Å². The molecule has 27 heavy (non-hydrogen) atoms. The Balaban J connectivity index is 1.47. The maximum atomic E-state index is 13.3. The van der Waals surface area contributed by atoms with E-state index in [0.29, 0.717) is 12.0 Å². The summed E-state index contributed by atoms with van der Waals surface area (Å²) in [6.45, 7) is 1.59. The minimum absolute atomic E-state index is 0.156. The van der Waals surface area contributed by atoms with E-state index in [1.165, 1.54) is 19.3 Å². The molecule has 1 saturated carbocycles. The van der Waals surface area contributed by atoms with Crippen LogP contribution in [0.1, 0.15) is 66.9 Å². The number of nitrogens with zero attached hydrogens (tertiary/aromatic N) is 3. The first-order valence-corrected chi connectivity index (χ1v) is 10.3. The fraction of sp³-hybridized carbons (Fsp3) is 0.545. The van der Waals surface area contributed by atoms with E-state index in [9.17, 15) is 4.79 Å². The summed E-state index contributed by atoms with van der Waals surface area (Å²) in [6.07, 6.45) is 10.2. The molecule has 1 N–H and O–H groups in total. The zero-order valence-electron chi connectivity index (χ0n) is 16.2. The second-order valence-corrected chi connectivity index (χ2v) is 8.04. The molecule has 0 radical (unpaired) electrons. The fourth-order valence-electron chi connectivity index (χ4n) is 4.57. The van der Waals surface area contributed by atoms with Gasteiger partial charge in [-0.1, -0.05) is 37.5 Å². The molecule has 1 saturated heterocycles. The average Bonchev–Trinajstić information content (AvgIpc) is 3.11. The number of nitrogens with one attached hydrogen (secondary N) is 1. The van der Waals surface area contributed by atoms with Crippen molar-refractivity contribution in [3.63, 3.8) is 0 Å². The summed E-state index contributed by atoms with van der Waals surface area (Å²) in [6, 6.07) is 10.6. The topological polar surface area (TPSA) is 50.2 Å². The van der Waals surface area contributed by atoms with Gasteiger partial charge in [0.15, 0.2) is 0 Å². The lowest BCUT2D eigenvalue weighted by molar-refractivity contribution is 0.0712. The molecule has 1 aliphatic heterocycles. The number of benzene rings is 1. The molecule has 2 aliphatic rings. The molecule has 0 bridgehead atoms. The van der Waals surface area contributed by atoms with Gasteiger partial charge < -0.3 is 10.2 Å². The number of para-hydroxylation sites is 1. The summed E-state index contributed by atoms with van der Waals surface area (Å²) in [7, 11) is 1.93. The molecule has 2 heterocycles. The lowest BCUT2D eigenvalue weighted by Gasteiger charge is -2.34. The summed E-state index contributed by atoms with van der Waals surface area (Å²) in [5, 5.41) is 8.28. The molecule has 5 nitrogen and oxygen atoms in total. The zero-order valence-corrected chi connectivity index (χ0v) is 16.2. The van der Waals surface area contributed by atoms with Crippen molar-refractivity contribution < 1.29 is 4.79 Å². The maximum absolute atomic E-state index is 13.3. The van der Waals surface area contributed by atoms with E-state index in [1.54, 1.807) is 0 Å². The highest BCUT2D eigenvalue weighted by Gasteiger charge is 2.30. The maximum Gasteiger partial charge on any atom is 0.257 e. The largest absolute Gasteiger partial charge is 0.381 e. The number of amides is 1. The molecular weight excluding hydrogens is 336 g/mol. The van der Waals surface area contributed by atoms with Gasteiger partial charge >= 0.3 is 0 Å². The molecule has 1 aromatic heterocycles. The van der Waals surface area contributed by atoms with Crippen LogP contribution in [0.15, 0.2) is 36.5 Å². The average molecular weight is 367 g/mol. The van der Waals surface area contributed by atoms with Crippen LogP contribution in [0.4, 0.5) is 5.69 Å². The number of hydrogen-bond donors (Lipinski definition) is 1. The number of carbonyl (C=O) groups excluding carboxylic acids is 1. The lowest BCUT2D eigenvalue weighted by Crippen LogP contribution is -2.45. The second kappa shape index (κ2) is 8.15.